The van der Waals surface area contributed by atoms with Gasteiger partial charge in [0.1, 0.15) is 16.3 Å². The first kappa shape index (κ1) is 9.75. The number of H-pyrrole nitrogens is 1. The van der Waals surface area contributed by atoms with Crippen molar-refractivity contribution in [2.45, 2.75) is 13.3 Å². The van der Waals surface area contributed by atoms with Crippen molar-refractivity contribution in [2.24, 2.45) is 0 Å². The van der Waals surface area contributed by atoms with E-state index in [2.05, 4.69) is 23.3 Å². The number of pyridine rings is 1. The first-order chi connectivity index (χ1) is 6.29. The molecule has 1 aromatic heterocycles. The van der Waals surface area contributed by atoms with Crippen LogP contribution in [0.3, 0.4) is 0 Å². The van der Waals surface area contributed by atoms with Gasteiger partial charge in [-0.05, 0) is 12.5 Å². The summed E-state index contributed by atoms with van der Waals surface area (Å²) in [5.41, 5.74) is 1.33. The monoisotopic (exact) mass is 193 g/mol. The van der Waals surface area contributed by atoms with E-state index in [4.69, 9.17) is 17.5 Å². The van der Waals surface area contributed by atoms with E-state index in [1.165, 1.54) is 0 Å². The molecule has 1 rings (SSSR count). The second-order valence-corrected chi connectivity index (χ2v) is 3.04. The van der Waals surface area contributed by atoms with Gasteiger partial charge in [-0.2, -0.15) is 5.26 Å². The molecule has 0 aromatic carbocycles. The molecule has 0 atom stereocenters. The van der Waals surface area contributed by atoms with E-state index in [-0.39, 0.29) is 0 Å². The van der Waals surface area contributed by atoms with Crippen LogP contribution in [0.4, 0.5) is 5.69 Å². The number of aromatic amines is 1. The van der Waals surface area contributed by atoms with Gasteiger partial charge >= 0.3 is 0 Å². The van der Waals surface area contributed by atoms with Gasteiger partial charge in [0, 0.05) is 12.7 Å². The van der Waals surface area contributed by atoms with Gasteiger partial charge in [0.2, 0.25) is 0 Å². The Morgan fingerprint density at radius 2 is 2.46 bits per heavy atom. The van der Waals surface area contributed by atoms with Crippen LogP contribution >= 0.6 is 12.2 Å². The molecule has 2 N–H and O–H groups in total. The standard InChI is InChI=1S/C9H11N3S/c1-2-4-11-8-3-5-12-9(13)7(8)6-10/h3,5H,2,4H2,1H3,(H2,11,12,13). The molecule has 0 aliphatic carbocycles. The number of anilines is 1. The average Bonchev–Trinajstić information content (AvgIpc) is 2.15. The predicted octanol–water partition coefficient (Wildman–Crippen LogP) is 2.44. The zero-order chi connectivity index (χ0) is 9.68. The van der Waals surface area contributed by atoms with Crippen molar-refractivity contribution >= 4 is 17.9 Å². The highest BCUT2D eigenvalue weighted by Gasteiger charge is 2.01. The summed E-state index contributed by atoms with van der Waals surface area (Å²) in [5, 5.41) is 12.0. The van der Waals surface area contributed by atoms with Gasteiger partial charge in [-0.1, -0.05) is 19.1 Å². The Hall–Kier alpha value is -1.34. The minimum Gasteiger partial charge on any atom is -0.384 e. The summed E-state index contributed by atoms with van der Waals surface area (Å²) in [4.78, 5) is 2.82. The smallest absolute Gasteiger partial charge is 0.123 e. The van der Waals surface area contributed by atoms with Crippen molar-refractivity contribution in [3.8, 4) is 6.07 Å². The van der Waals surface area contributed by atoms with Gasteiger partial charge in [0.15, 0.2) is 0 Å². The van der Waals surface area contributed by atoms with E-state index in [9.17, 15) is 0 Å². The number of hydrogen-bond acceptors (Lipinski definition) is 3. The zero-order valence-electron chi connectivity index (χ0n) is 7.42. The van der Waals surface area contributed by atoms with E-state index >= 15 is 0 Å². The molecule has 68 valence electrons. The molecule has 0 aliphatic heterocycles. The third kappa shape index (κ3) is 2.30. The Morgan fingerprint density at radius 1 is 1.69 bits per heavy atom. The maximum Gasteiger partial charge on any atom is 0.123 e. The lowest BCUT2D eigenvalue weighted by Crippen LogP contribution is -2.02. The fourth-order valence-electron chi connectivity index (χ4n) is 0.996. The minimum atomic E-state index is 0.489. The number of aromatic nitrogens is 1. The molecule has 0 saturated carbocycles. The molecule has 0 unspecified atom stereocenters. The second kappa shape index (κ2) is 4.63. The van der Waals surface area contributed by atoms with Gasteiger partial charge in [-0.15, -0.1) is 0 Å². The molecule has 0 radical (unpaired) electrons. The molecule has 0 spiro atoms. The summed E-state index contributed by atoms with van der Waals surface area (Å²) < 4.78 is 0.489. The minimum absolute atomic E-state index is 0.489. The number of nitrogens with zero attached hydrogens (tertiary/aromatic N) is 1. The maximum absolute atomic E-state index is 8.82. The molecule has 13 heavy (non-hydrogen) atoms. The molecule has 3 nitrogen and oxygen atoms in total. The summed E-state index contributed by atoms with van der Waals surface area (Å²) in [6.45, 7) is 2.93. The van der Waals surface area contributed by atoms with Crippen LogP contribution in [0.25, 0.3) is 0 Å². The van der Waals surface area contributed by atoms with Crippen molar-refractivity contribution in [3.63, 3.8) is 0 Å². The highest BCUT2D eigenvalue weighted by atomic mass is 32.1. The maximum atomic E-state index is 8.82. The molecule has 0 amide bonds. The molecule has 0 saturated heterocycles. The number of hydrogen-bond donors (Lipinski definition) is 2. The third-order valence-electron chi connectivity index (χ3n) is 1.64. The van der Waals surface area contributed by atoms with Crippen molar-refractivity contribution < 1.29 is 0 Å². The van der Waals surface area contributed by atoms with Gasteiger partial charge in [-0.3, -0.25) is 0 Å². The summed E-state index contributed by atoms with van der Waals surface area (Å²) in [6.07, 6.45) is 2.76. The molecule has 1 aromatic rings. The van der Waals surface area contributed by atoms with Crippen LogP contribution in [-0.4, -0.2) is 11.5 Å². The first-order valence-electron chi connectivity index (χ1n) is 4.15. The molecular weight excluding hydrogens is 182 g/mol. The van der Waals surface area contributed by atoms with E-state index in [1.807, 2.05) is 6.07 Å². The summed E-state index contributed by atoms with van der Waals surface area (Å²) in [7, 11) is 0. The Labute approximate surface area is 82.4 Å². The predicted molar refractivity (Wildman–Crippen MR) is 55.1 cm³/mol. The normalized spacial score (nSPS) is 9.23. The molecular formula is C9H11N3S. The van der Waals surface area contributed by atoms with Gasteiger partial charge in [0.05, 0.1) is 5.69 Å². The van der Waals surface area contributed by atoms with Gasteiger partial charge in [-0.25, -0.2) is 0 Å². The lowest BCUT2D eigenvalue weighted by Gasteiger charge is -2.05. The second-order valence-electron chi connectivity index (χ2n) is 2.63. The van der Waals surface area contributed by atoms with E-state index in [1.54, 1.807) is 6.20 Å². The third-order valence-corrected chi connectivity index (χ3v) is 1.96. The van der Waals surface area contributed by atoms with Crippen molar-refractivity contribution in [3.05, 3.63) is 22.5 Å². The quantitative estimate of drug-likeness (QED) is 0.725. The Balaban J connectivity index is 3.01. The van der Waals surface area contributed by atoms with E-state index < -0.39 is 0 Å². The number of nitriles is 1. The van der Waals surface area contributed by atoms with E-state index in [0.717, 1.165) is 18.7 Å². The van der Waals surface area contributed by atoms with Crippen molar-refractivity contribution in [1.82, 2.24) is 4.98 Å². The molecule has 4 heteroatoms. The van der Waals surface area contributed by atoms with Crippen molar-refractivity contribution in [2.75, 3.05) is 11.9 Å². The summed E-state index contributed by atoms with van der Waals surface area (Å²) >= 11 is 4.97. The Bertz CT molecular complexity index is 375. The SMILES string of the molecule is CCCNc1cc[nH]c(=S)c1C#N. The lowest BCUT2D eigenvalue weighted by molar-refractivity contribution is 0.977. The number of rotatable bonds is 3. The molecule has 0 bridgehead atoms. The van der Waals surface area contributed by atoms with Crippen LogP contribution in [-0.2, 0) is 0 Å². The van der Waals surface area contributed by atoms with Crippen LogP contribution in [0.2, 0.25) is 0 Å². The fraction of sp³-hybridized carbons (Fsp3) is 0.333. The van der Waals surface area contributed by atoms with Crippen LogP contribution < -0.4 is 5.32 Å². The molecule has 0 aliphatic rings. The fourth-order valence-corrected chi connectivity index (χ4v) is 1.22. The van der Waals surface area contributed by atoms with Crippen LogP contribution in [0.1, 0.15) is 18.9 Å². The topological polar surface area (TPSA) is 51.6 Å². The van der Waals surface area contributed by atoms with Gasteiger partial charge in [0.25, 0.3) is 0 Å². The number of nitrogens with one attached hydrogen (secondary N) is 2. The van der Waals surface area contributed by atoms with Gasteiger partial charge < -0.3 is 10.3 Å². The average molecular weight is 193 g/mol. The largest absolute Gasteiger partial charge is 0.384 e. The van der Waals surface area contributed by atoms with Crippen LogP contribution in [0, 0.1) is 16.0 Å². The molecule has 1 heterocycles. The van der Waals surface area contributed by atoms with E-state index in [0.29, 0.717) is 10.2 Å². The van der Waals surface area contributed by atoms with Crippen LogP contribution in [0.15, 0.2) is 12.3 Å². The Morgan fingerprint density at radius 3 is 3.08 bits per heavy atom. The molecule has 0 fully saturated rings. The lowest BCUT2D eigenvalue weighted by atomic mass is 10.2. The summed E-state index contributed by atoms with van der Waals surface area (Å²) in [6, 6.07) is 3.90. The van der Waals surface area contributed by atoms with Crippen molar-refractivity contribution in [1.29, 1.82) is 5.26 Å². The highest BCUT2D eigenvalue weighted by molar-refractivity contribution is 7.71. The van der Waals surface area contributed by atoms with Crippen LogP contribution in [0.5, 0.6) is 0 Å². The zero-order valence-corrected chi connectivity index (χ0v) is 8.24. The summed E-state index contributed by atoms with van der Waals surface area (Å²) in [5.74, 6) is 0. The Kier molecular flexibility index (Phi) is 3.47. The highest BCUT2D eigenvalue weighted by Crippen LogP contribution is 2.13. The first-order valence-corrected chi connectivity index (χ1v) is 4.56.